The zero-order valence-electron chi connectivity index (χ0n) is 24.5. The zero-order valence-corrected chi connectivity index (χ0v) is 27.6. The highest BCUT2D eigenvalue weighted by Crippen LogP contribution is 2.20. The van der Waals surface area contributed by atoms with Crippen molar-refractivity contribution in [1.29, 1.82) is 0 Å². The fourth-order valence-electron chi connectivity index (χ4n) is 4.35. The normalized spacial score (nSPS) is 11.5. The molecule has 222 valence electrons. The summed E-state index contributed by atoms with van der Waals surface area (Å²) in [5.74, 6) is 1.66. The van der Waals surface area contributed by atoms with Crippen LogP contribution in [0.25, 0.3) is 0 Å². The fourth-order valence-corrected chi connectivity index (χ4v) is 5.25. The number of nitrogens with zero attached hydrogens (tertiary/aromatic N) is 2. The lowest BCUT2D eigenvalue weighted by Crippen LogP contribution is -2.25. The first-order chi connectivity index (χ1) is 20.2. The minimum Gasteiger partial charge on any atom is -0.497 e. The first kappa shape index (κ1) is 33.5. The summed E-state index contributed by atoms with van der Waals surface area (Å²) in [5.41, 5.74) is 4.00. The van der Waals surface area contributed by atoms with E-state index in [0.717, 1.165) is 39.1 Å². The van der Waals surface area contributed by atoms with Gasteiger partial charge in [-0.3, -0.25) is 14.6 Å². The van der Waals surface area contributed by atoms with E-state index in [-0.39, 0.29) is 5.78 Å². The van der Waals surface area contributed by atoms with Crippen LogP contribution in [0.2, 0.25) is 0 Å². The Balaban J connectivity index is 0.000000230. The van der Waals surface area contributed by atoms with Gasteiger partial charge in [0, 0.05) is 34.1 Å². The first-order valence-electron chi connectivity index (χ1n) is 13.5. The molecule has 4 aromatic rings. The predicted molar refractivity (Wildman–Crippen MR) is 176 cm³/mol. The molecule has 42 heavy (non-hydrogen) atoms. The number of rotatable bonds is 12. The Bertz CT molecular complexity index is 1400. The number of aliphatic hydroxyl groups is 1. The van der Waals surface area contributed by atoms with E-state index in [9.17, 15) is 9.90 Å². The van der Waals surface area contributed by atoms with Gasteiger partial charge in [0.15, 0.2) is 5.78 Å². The molecule has 4 aromatic carbocycles. The highest BCUT2D eigenvalue weighted by atomic mass is 79.9. The summed E-state index contributed by atoms with van der Waals surface area (Å²) in [4.78, 5) is 16.3. The maximum absolute atomic E-state index is 12.2. The number of likely N-dealkylation sites (N-methyl/N-ethyl adjacent to an activating group) is 2. The summed E-state index contributed by atoms with van der Waals surface area (Å²) in [6.45, 7) is 2.51. The highest BCUT2D eigenvalue weighted by Gasteiger charge is 2.12. The molecule has 0 aromatic heterocycles. The van der Waals surface area contributed by atoms with Crippen molar-refractivity contribution >= 4 is 37.6 Å². The average molecular weight is 698 g/mol. The molecule has 0 spiro atoms. The van der Waals surface area contributed by atoms with Crippen molar-refractivity contribution in [3.63, 3.8) is 0 Å². The van der Waals surface area contributed by atoms with E-state index in [1.807, 2.05) is 79.7 Å². The second-order valence-corrected chi connectivity index (χ2v) is 11.9. The Morgan fingerprint density at radius 2 is 1.21 bits per heavy atom. The Morgan fingerprint density at radius 3 is 1.69 bits per heavy atom. The minimum atomic E-state index is -0.506. The van der Waals surface area contributed by atoms with Gasteiger partial charge < -0.3 is 14.6 Å². The first-order valence-corrected chi connectivity index (χ1v) is 15.1. The molecule has 1 unspecified atom stereocenters. The van der Waals surface area contributed by atoms with Crippen LogP contribution in [-0.2, 0) is 13.1 Å². The van der Waals surface area contributed by atoms with E-state index >= 15 is 0 Å². The van der Waals surface area contributed by atoms with Crippen LogP contribution in [0.5, 0.6) is 11.5 Å². The maximum Gasteiger partial charge on any atom is 0.176 e. The minimum absolute atomic E-state index is 0.107. The van der Waals surface area contributed by atoms with Gasteiger partial charge in [0.1, 0.15) is 11.5 Å². The van der Waals surface area contributed by atoms with Gasteiger partial charge in [0.2, 0.25) is 0 Å². The number of ketones is 1. The van der Waals surface area contributed by atoms with E-state index in [1.165, 1.54) is 11.1 Å². The molecule has 0 saturated carbocycles. The molecule has 0 aliphatic heterocycles. The Labute approximate surface area is 266 Å². The van der Waals surface area contributed by atoms with Crippen LogP contribution in [0, 0.1) is 0 Å². The van der Waals surface area contributed by atoms with Crippen LogP contribution < -0.4 is 9.47 Å². The molecule has 8 heteroatoms. The van der Waals surface area contributed by atoms with Crippen molar-refractivity contribution in [2.24, 2.45) is 0 Å². The molecular formula is C34H38Br2N2O4. The van der Waals surface area contributed by atoms with Crippen LogP contribution in [0.1, 0.15) is 33.2 Å². The van der Waals surface area contributed by atoms with E-state index in [0.29, 0.717) is 18.7 Å². The molecule has 0 radical (unpaired) electrons. The standard InChI is InChI=1S/C17H20BrNO2.C17H18BrNO2/c2*1-19(11-13-4-3-5-15(18)10-13)12-17(20)14-6-8-16(21-2)9-7-14/h3-10,17,20H,11-12H2,1-2H3;3-10H,11-12H2,1-2H3. The second kappa shape index (κ2) is 17.2. The van der Waals surface area contributed by atoms with Gasteiger partial charge in [-0.15, -0.1) is 0 Å². The van der Waals surface area contributed by atoms with E-state index < -0.39 is 6.10 Å². The van der Waals surface area contributed by atoms with Crippen molar-refractivity contribution in [2.75, 3.05) is 41.4 Å². The van der Waals surface area contributed by atoms with Crippen LogP contribution in [0.3, 0.4) is 0 Å². The summed E-state index contributed by atoms with van der Waals surface area (Å²) in [5, 5.41) is 10.3. The number of hydrogen-bond acceptors (Lipinski definition) is 6. The number of hydrogen-bond donors (Lipinski definition) is 1. The fraction of sp³-hybridized carbons (Fsp3) is 0.265. The summed E-state index contributed by atoms with van der Waals surface area (Å²) in [7, 11) is 7.20. The van der Waals surface area contributed by atoms with Gasteiger partial charge in [-0.2, -0.15) is 0 Å². The number of halogens is 2. The molecule has 4 rings (SSSR count). The van der Waals surface area contributed by atoms with Crippen molar-refractivity contribution < 1.29 is 19.4 Å². The monoisotopic (exact) mass is 696 g/mol. The Kier molecular flexibility index (Phi) is 13.7. The van der Waals surface area contributed by atoms with Gasteiger partial charge in [0.25, 0.3) is 0 Å². The SMILES string of the molecule is COc1ccc(C(=O)CN(C)Cc2cccc(Br)c2)cc1.COc1ccc(C(O)CN(C)Cc2cccc(Br)c2)cc1. The average Bonchev–Trinajstić information content (AvgIpc) is 2.97. The number of aliphatic hydroxyl groups excluding tert-OH is 1. The second-order valence-electron chi connectivity index (χ2n) is 10.1. The van der Waals surface area contributed by atoms with Crippen molar-refractivity contribution in [1.82, 2.24) is 9.80 Å². The molecule has 1 N–H and O–H groups in total. The largest absolute Gasteiger partial charge is 0.497 e. The lowest BCUT2D eigenvalue weighted by molar-refractivity contribution is 0.0943. The smallest absolute Gasteiger partial charge is 0.176 e. The van der Waals surface area contributed by atoms with E-state index in [2.05, 4.69) is 61.0 Å². The number of benzene rings is 4. The van der Waals surface area contributed by atoms with Crippen LogP contribution in [0.4, 0.5) is 0 Å². The summed E-state index contributed by atoms with van der Waals surface area (Å²) >= 11 is 6.93. The maximum atomic E-state index is 12.2. The summed E-state index contributed by atoms with van der Waals surface area (Å²) in [6.07, 6.45) is -0.506. The molecule has 0 fully saturated rings. The molecule has 0 aliphatic rings. The van der Waals surface area contributed by atoms with Crippen LogP contribution >= 0.6 is 31.9 Å². The van der Waals surface area contributed by atoms with Gasteiger partial charge in [-0.25, -0.2) is 0 Å². The molecule has 0 bridgehead atoms. The van der Waals surface area contributed by atoms with Crippen LogP contribution in [-0.4, -0.2) is 62.1 Å². The molecule has 0 amide bonds. The van der Waals surface area contributed by atoms with E-state index in [4.69, 9.17) is 9.47 Å². The number of carbonyl (C=O) groups is 1. The third-order valence-electron chi connectivity index (χ3n) is 6.49. The van der Waals surface area contributed by atoms with E-state index in [1.54, 1.807) is 26.4 Å². The Morgan fingerprint density at radius 1 is 0.738 bits per heavy atom. The molecular weight excluding hydrogens is 660 g/mol. The summed E-state index contributed by atoms with van der Waals surface area (Å²) < 4.78 is 12.3. The van der Waals surface area contributed by atoms with Crippen molar-refractivity contribution in [3.8, 4) is 11.5 Å². The van der Waals surface area contributed by atoms with Crippen LogP contribution in [0.15, 0.2) is 106 Å². The molecule has 0 heterocycles. The molecule has 0 saturated heterocycles. The van der Waals surface area contributed by atoms with Gasteiger partial charge in [-0.1, -0.05) is 68.3 Å². The lowest BCUT2D eigenvalue weighted by atomic mass is 10.1. The Hall–Kier alpha value is -3.01. The van der Waals surface area contributed by atoms with Crippen molar-refractivity contribution in [3.05, 3.63) is 128 Å². The zero-order chi connectivity index (χ0) is 30.5. The lowest BCUT2D eigenvalue weighted by Gasteiger charge is -2.21. The third kappa shape index (κ3) is 11.3. The topological polar surface area (TPSA) is 62.2 Å². The molecule has 6 nitrogen and oxygen atoms in total. The van der Waals surface area contributed by atoms with Gasteiger partial charge >= 0.3 is 0 Å². The van der Waals surface area contributed by atoms with Gasteiger partial charge in [0.05, 0.1) is 26.9 Å². The van der Waals surface area contributed by atoms with Gasteiger partial charge in [-0.05, 0) is 91.4 Å². The number of Topliss-reactive ketones (excluding diaryl/α,β-unsaturated/α-hetero) is 1. The third-order valence-corrected chi connectivity index (χ3v) is 7.48. The van der Waals surface area contributed by atoms with Crippen molar-refractivity contribution in [2.45, 2.75) is 19.2 Å². The highest BCUT2D eigenvalue weighted by molar-refractivity contribution is 9.10. The summed E-state index contributed by atoms with van der Waals surface area (Å²) in [6, 6.07) is 31.1. The molecule has 1 atom stereocenters. The predicted octanol–water partition coefficient (Wildman–Crippen LogP) is 7.40. The number of carbonyl (C=O) groups excluding carboxylic acids is 1. The number of methoxy groups -OCH3 is 2. The quantitative estimate of drug-likeness (QED) is 0.156. The number of ether oxygens (including phenoxy) is 2. The molecule has 0 aliphatic carbocycles.